The van der Waals surface area contributed by atoms with Gasteiger partial charge >= 0.3 is 0 Å². The number of aryl methyl sites for hydroxylation is 1. The molecule has 18 heavy (non-hydrogen) atoms. The molecule has 1 aromatic carbocycles. The van der Waals surface area contributed by atoms with Crippen LogP contribution >= 0.6 is 0 Å². The van der Waals surface area contributed by atoms with Crippen LogP contribution in [0.3, 0.4) is 0 Å². The van der Waals surface area contributed by atoms with E-state index in [1.165, 1.54) is 0 Å². The summed E-state index contributed by atoms with van der Waals surface area (Å²) in [6, 6.07) is 7.38. The smallest absolute Gasteiger partial charge is 0.242 e. The van der Waals surface area contributed by atoms with Crippen molar-refractivity contribution in [3.8, 4) is 6.07 Å². The van der Waals surface area contributed by atoms with Crippen LogP contribution in [0.2, 0.25) is 0 Å². The molecule has 0 aromatic heterocycles. The van der Waals surface area contributed by atoms with Gasteiger partial charge in [-0.3, -0.25) is 4.79 Å². The van der Waals surface area contributed by atoms with E-state index in [2.05, 4.69) is 16.7 Å². The van der Waals surface area contributed by atoms with Gasteiger partial charge in [-0.2, -0.15) is 5.26 Å². The lowest BCUT2D eigenvalue weighted by Gasteiger charge is -2.17. The number of hydrogen-bond donors (Lipinski definition) is 2. The predicted octanol–water partition coefficient (Wildman–Crippen LogP) is 2.19. The van der Waals surface area contributed by atoms with Gasteiger partial charge < -0.3 is 10.6 Å². The highest BCUT2D eigenvalue weighted by molar-refractivity contribution is 5.84. The molecule has 4 heteroatoms. The molecule has 0 spiro atoms. The Kier molecular flexibility index (Phi) is 4.73. The van der Waals surface area contributed by atoms with Gasteiger partial charge in [0.15, 0.2) is 0 Å². The SMILES string of the molecule is Cc1cc(NC(C)C(=O)NC(C)C)ccc1C#N. The largest absolute Gasteiger partial charge is 0.374 e. The molecule has 0 fully saturated rings. The zero-order valence-corrected chi connectivity index (χ0v) is 11.2. The number of amides is 1. The van der Waals surface area contributed by atoms with Gasteiger partial charge in [0.2, 0.25) is 5.91 Å². The van der Waals surface area contributed by atoms with E-state index >= 15 is 0 Å². The zero-order valence-electron chi connectivity index (χ0n) is 11.2. The van der Waals surface area contributed by atoms with Crippen molar-refractivity contribution >= 4 is 11.6 Å². The average molecular weight is 245 g/mol. The van der Waals surface area contributed by atoms with Crippen LogP contribution in [0.15, 0.2) is 18.2 Å². The third-order valence-electron chi connectivity index (χ3n) is 2.55. The second-order valence-corrected chi connectivity index (χ2v) is 4.67. The Hall–Kier alpha value is -2.02. The van der Waals surface area contributed by atoms with Crippen LogP contribution < -0.4 is 10.6 Å². The Labute approximate surface area is 108 Å². The Morgan fingerprint density at radius 1 is 1.33 bits per heavy atom. The predicted molar refractivity (Wildman–Crippen MR) is 72.3 cm³/mol. The highest BCUT2D eigenvalue weighted by atomic mass is 16.2. The summed E-state index contributed by atoms with van der Waals surface area (Å²) in [4.78, 5) is 11.7. The zero-order chi connectivity index (χ0) is 13.7. The van der Waals surface area contributed by atoms with E-state index < -0.39 is 0 Å². The van der Waals surface area contributed by atoms with Gasteiger partial charge in [0.1, 0.15) is 6.04 Å². The molecule has 4 nitrogen and oxygen atoms in total. The van der Waals surface area contributed by atoms with Crippen molar-refractivity contribution in [3.63, 3.8) is 0 Å². The first kappa shape index (κ1) is 14.0. The summed E-state index contributed by atoms with van der Waals surface area (Å²) in [5, 5.41) is 14.8. The van der Waals surface area contributed by atoms with Crippen LogP contribution in [0, 0.1) is 18.3 Å². The van der Waals surface area contributed by atoms with E-state index in [0.29, 0.717) is 5.56 Å². The maximum Gasteiger partial charge on any atom is 0.242 e. The van der Waals surface area contributed by atoms with Crippen LogP contribution in [0.1, 0.15) is 31.9 Å². The van der Waals surface area contributed by atoms with Crippen molar-refractivity contribution in [1.29, 1.82) is 5.26 Å². The lowest BCUT2D eigenvalue weighted by atomic mass is 10.1. The summed E-state index contributed by atoms with van der Waals surface area (Å²) in [6.07, 6.45) is 0. The van der Waals surface area contributed by atoms with Crippen molar-refractivity contribution in [2.24, 2.45) is 0 Å². The normalized spacial score (nSPS) is 11.8. The summed E-state index contributed by atoms with van der Waals surface area (Å²) in [7, 11) is 0. The molecule has 1 unspecified atom stereocenters. The van der Waals surface area contributed by atoms with Gasteiger partial charge in [0.05, 0.1) is 11.6 Å². The number of rotatable bonds is 4. The first-order valence-corrected chi connectivity index (χ1v) is 6.01. The molecule has 2 N–H and O–H groups in total. The van der Waals surface area contributed by atoms with Gasteiger partial charge in [0.25, 0.3) is 0 Å². The number of carbonyl (C=O) groups excluding carboxylic acids is 1. The summed E-state index contributed by atoms with van der Waals surface area (Å²) >= 11 is 0. The summed E-state index contributed by atoms with van der Waals surface area (Å²) in [5.41, 5.74) is 2.40. The molecule has 0 saturated heterocycles. The Morgan fingerprint density at radius 2 is 2.00 bits per heavy atom. The lowest BCUT2D eigenvalue weighted by Crippen LogP contribution is -2.40. The number of nitrogens with zero attached hydrogens (tertiary/aromatic N) is 1. The van der Waals surface area contributed by atoms with Gasteiger partial charge in [-0.15, -0.1) is 0 Å². The standard InChI is InChI=1S/C14H19N3O/c1-9(2)16-14(18)11(4)17-13-6-5-12(8-15)10(3)7-13/h5-7,9,11,17H,1-4H3,(H,16,18). The number of anilines is 1. The van der Waals surface area contributed by atoms with Crippen LogP contribution in [0.5, 0.6) is 0 Å². The fourth-order valence-electron chi connectivity index (χ4n) is 1.60. The fourth-order valence-corrected chi connectivity index (χ4v) is 1.60. The van der Waals surface area contributed by atoms with E-state index in [1.54, 1.807) is 6.07 Å². The molecule has 0 radical (unpaired) electrons. The van der Waals surface area contributed by atoms with Gasteiger partial charge in [-0.25, -0.2) is 0 Å². The van der Waals surface area contributed by atoms with Crippen LogP contribution in [-0.4, -0.2) is 18.0 Å². The van der Waals surface area contributed by atoms with Crippen LogP contribution in [0.4, 0.5) is 5.69 Å². The number of benzene rings is 1. The van der Waals surface area contributed by atoms with Gasteiger partial charge in [-0.05, 0) is 51.5 Å². The lowest BCUT2D eigenvalue weighted by molar-refractivity contribution is -0.122. The molecule has 0 aliphatic carbocycles. The monoisotopic (exact) mass is 245 g/mol. The molecule has 1 aromatic rings. The van der Waals surface area contributed by atoms with Crippen molar-refractivity contribution in [2.75, 3.05) is 5.32 Å². The third-order valence-corrected chi connectivity index (χ3v) is 2.55. The Morgan fingerprint density at radius 3 is 2.50 bits per heavy atom. The number of hydrogen-bond acceptors (Lipinski definition) is 3. The maximum atomic E-state index is 11.7. The number of nitrogens with one attached hydrogen (secondary N) is 2. The maximum absolute atomic E-state index is 11.7. The molecule has 96 valence electrons. The van der Waals surface area contributed by atoms with E-state index in [1.807, 2.05) is 39.8 Å². The molecule has 0 aliphatic rings. The fraction of sp³-hybridized carbons (Fsp3) is 0.429. The first-order valence-electron chi connectivity index (χ1n) is 6.01. The summed E-state index contributed by atoms with van der Waals surface area (Å²) in [5.74, 6) is -0.0352. The van der Waals surface area contributed by atoms with Crippen LogP contribution in [-0.2, 0) is 4.79 Å². The molecule has 1 amide bonds. The molecular weight excluding hydrogens is 226 g/mol. The molecule has 0 heterocycles. The Balaban J connectivity index is 2.71. The van der Waals surface area contributed by atoms with E-state index in [4.69, 9.17) is 5.26 Å². The van der Waals surface area contributed by atoms with Gasteiger partial charge in [0, 0.05) is 11.7 Å². The molecule has 1 rings (SSSR count). The highest BCUT2D eigenvalue weighted by Gasteiger charge is 2.13. The molecule has 0 aliphatic heterocycles. The number of nitriles is 1. The average Bonchev–Trinajstić information content (AvgIpc) is 2.28. The third kappa shape index (κ3) is 3.77. The number of carbonyl (C=O) groups is 1. The van der Waals surface area contributed by atoms with Gasteiger partial charge in [-0.1, -0.05) is 0 Å². The Bertz CT molecular complexity index is 474. The molecule has 0 saturated carbocycles. The minimum absolute atomic E-state index is 0.0352. The van der Waals surface area contributed by atoms with E-state index in [-0.39, 0.29) is 18.0 Å². The molecular formula is C14H19N3O. The van der Waals surface area contributed by atoms with E-state index in [0.717, 1.165) is 11.3 Å². The summed E-state index contributed by atoms with van der Waals surface area (Å²) in [6.45, 7) is 7.54. The topological polar surface area (TPSA) is 64.9 Å². The van der Waals surface area contributed by atoms with Crippen molar-refractivity contribution in [3.05, 3.63) is 29.3 Å². The molecule has 1 atom stereocenters. The highest BCUT2D eigenvalue weighted by Crippen LogP contribution is 2.15. The minimum Gasteiger partial charge on any atom is -0.374 e. The van der Waals surface area contributed by atoms with Crippen molar-refractivity contribution in [1.82, 2.24) is 5.32 Å². The van der Waals surface area contributed by atoms with Crippen molar-refractivity contribution in [2.45, 2.75) is 39.8 Å². The second kappa shape index (κ2) is 6.06. The van der Waals surface area contributed by atoms with Crippen molar-refractivity contribution < 1.29 is 4.79 Å². The quantitative estimate of drug-likeness (QED) is 0.854. The van der Waals surface area contributed by atoms with E-state index in [9.17, 15) is 4.79 Å². The molecule has 0 bridgehead atoms. The summed E-state index contributed by atoms with van der Waals surface area (Å²) < 4.78 is 0. The van der Waals surface area contributed by atoms with Crippen LogP contribution in [0.25, 0.3) is 0 Å². The first-order chi connectivity index (χ1) is 8.43. The minimum atomic E-state index is -0.306. The second-order valence-electron chi connectivity index (χ2n) is 4.67.